The first-order chi connectivity index (χ1) is 11.8. The zero-order valence-electron chi connectivity index (χ0n) is 13.8. The lowest BCUT2D eigenvalue weighted by Crippen LogP contribution is -2.37. The SMILES string of the molecule is O=C1CCCN1CC1CN(Cc2ccncc2)Cc2nccn2C1. The molecule has 4 rings (SSSR count). The summed E-state index contributed by atoms with van der Waals surface area (Å²) in [6, 6.07) is 4.13. The second-order valence-corrected chi connectivity index (χ2v) is 6.83. The Morgan fingerprint density at radius 1 is 1.17 bits per heavy atom. The molecule has 1 unspecified atom stereocenters. The number of rotatable bonds is 4. The van der Waals surface area contributed by atoms with E-state index in [9.17, 15) is 4.79 Å². The highest BCUT2D eigenvalue weighted by Crippen LogP contribution is 2.20. The topological polar surface area (TPSA) is 54.3 Å². The molecule has 1 fully saturated rings. The maximum atomic E-state index is 12.0. The third kappa shape index (κ3) is 3.33. The molecule has 6 nitrogen and oxygen atoms in total. The largest absolute Gasteiger partial charge is 0.342 e. The van der Waals surface area contributed by atoms with E-state index in [1.165, 1.54) is 5.56 Å². The number of likely N-dealkylation sites (tertiary alicyclic amines) is 1. The summed E-state index contributed by atoms with van der Waals surface area (Å²) in [6.45, 7) is 5.42. The summed E-state index contributed by atoms with van der Waals surface area (Å²) in [7, 11) is 0. The van der Waals surface area contributed by atoms with Crippen LogP contribution in [0.2, 0.25) is 0 Å². The minimum atomic E-state index is 0.311. The fourth-order valence-electron chi connectivity index (χ4n) is 3.81. The summed E-state index contributed by atoms with van der Waals surface area (Å²) in [6.07, 6.45) is 9.34. The van der Waals surface area contributed by atoms with Gasteiger partial charge >= 0.3 is 0 Å². The van der Waals surface area contributed by atoms with E-state index in [0.29, 0.717) is 18.2 Å². The van der Waals surface area contributed by atoms with Crippen LogP contribution in [0.15, 0.2) is 36.9 Å². The Balaban J connectivity index is 1.51. The molecule has 2 aromatic heterocycles. The predicted molar refractivity (Wildman–Crippen MR) is 89.9 cm³/mol. The van der Waals surface area contributed by atoms with Crippen LogP contribution in [0.3, 0.4) is 0 Å². The van der Waals surface area contributed by atoms with Crippen molar-refractivity contribution in [2.24, 2.45) is 5.92 Å². The standard InChI is InChI=1S/C18H23N5O/c24-18-2-1-8-23(18)13-16-11-21(10-15-3-5-19-6-4-15)14-17-20-7-9-22(17)12-16/h3-7,9,16H,1-2,8,10-14H2. The molecule has 2 aliphatic heterocycles. The number of nitrogens with zero attached hydrogens (tertiary/aromatic N) is 5. The van der Waals surface area contributed by atoms with E-state index in [1.54, 1.807) is 0 Å². The molecule has 6 heteroatoms. The molecule has 2 aromatic rings. The van der Waals surface area contributed by atoms with Gasteiger partial charge in [0.1, 0.15) is 5.82 Å². The van der Waals surface area contributed by atoms with Crippen LogP contribution in [0.4, 0.5) is 0 Å². The van der Waals surface area contributed by atoms with Crippen molar-refractivity contribution in [2.45, 2.75) is 32.5 Å². The lowest BCUT2D eigenvalue weighted by Gasteiger charge is -2.27. The lowest BCUT2D eigenvalue weighted by molar-refractivity contribution is -0.128. The summed E-state index contributed by atoms with van der Waals surface area (Å²) in [5.74, 6) is 1.86. The zero-order valence-corrected chi connectivity index (χ0v) is 13.8. The van der Waals surface area contributed by atoms with Gasteiger partial charge in [0.15, 0.2) is 0 Å². The summed E-state index contributed by atoms with van der Waals surface area (Å²) >= 11 is 0. The molecule has 24 heavy (non-hydrogen) atoms. The quantitative estimate of drug-likeness (QED) is 0.855. The molecule has 0 saturated carbocycles. The van der Waals surface area contributed by atoms with Crippen LogP contribution in [0.25, 0.3) is 0 Å². The van der Waals surface area contributed by atoms with Crippen LogP contribution in [-0.4, -0.2) is 49.9 Å². The molecule has 0 spiro atoms. The van der Waals surface area contributed by atoms with E-state index < -0.39 is 0 Å². The molecular weight excluding hydrogens is 302 g/mol. The van der Waals surface area contributed by atoms with Crippen molar-refractivity contribution in [1.82, 2.24) is 24.3 Å². The average Bonchev–Trinajstić information content (AvgIpc) is 3.14. The van der Waals surface area contributed by atoms with Crippen molar-refractivity contribution in [3.05, 3.63) is 48.3 Å². The highest BCUT2D eigenvalue weighted by atomic mass is 16.2. The first kappa shape index (κ1) is 15.3. The zero-order chi connectivity index (χ0) is 16.4. The summed E-state index contributed by atoms with van der Waals surface area (Å²) in [5.41, 5.74) is 1.26. The maximum Gasteiger partial charge on any atom is 0.222 e. The second-order valence-electron chi connectivity index (χ2n) is 6.83. The molecule has 2 aliphatic rings. The van der Waals surface area contributed by atoms with Gasteiger partial charge in [-0.1, -0.05) is 0 Å². The Hall–Kier alpha value is -2.21. The van der Waals surface area contributed by atoms with Crippen LogP contribution in [0, 0.1) is 5.92 Å². The van der Waals surface area contributed by atoms with Crippen LogP contribution in [0.5, 0.6) is 0 Å². The fraction of sp³-hybridized carbons (Fsp3) is 0.500. The lowest BCUT2D eigenvalue weighted by atomic mass is 10.1. The van der Waals surface area contributed by atoms with Gasteiger partial charge < -0.3 is 9.47 Å². The molecule has 4 heterocycles. The van der Waals surface area contributed by atoms with E-state index >= 15 is 0 Å². The number of pyridine rings is 1. The van der Waals surface area contributed by atoms with Crippen LogP contribution in [0.1, 0.15) is 24.2 Å². The van der Waals surface area contributed by atoms with E-state index in [2.05, 4.69) is 37.8 Å². The molecule has 0 radical (unpaired) electrons. The minimum Gasteiger partial charge on any atom is -0.342 e. The second kappa shape index (κ2) is 6.73. The molecule has 0 N–H and O–H groups in total. The van der Waals surface area contributed by atoms with E-state index in [1.807, 2.05) is 23.5 Å². The first-order valence-corrected chi connectivity index (χ1v) is 8.67. The first-order valence-electron chi connectivity index (χ1n) is 8.67. The average molecular weight is 325 g/mol. The van der Waals surface area contributed by atoms with Gasteiger partial charge in [-0.05, 0) is 24.1 Å². The van der Waals surface area contributed by atoms with Crippen molar-refractivity contribution < 1.29 is 4.79 Å². The number of fused-ring (bicyclic) bond motifs is 1. The molecule has 0 aliphatic carbocycles. The number of carbonyl (C=O) groups is 1. The van der Waals surface area contributed by atoms with Crippen molar-refractivity contribution in [3.63, 3.8) is 0 Å². The van der Waals surface area contributed by atoms with Gasteiger partial charge in [0, 0.05) is 69.8 Å². The van der Waals surface area contributed by atoms with E-state index in [-0.39, 0.29) is 0 Å². The molecule has 0 bridgehead atoms. The molecule has 126 valence electrons. The summed E-state index contributed by atoms with van der Waals surface area (Å²) < 4.78 is 2.25. The number of aromatic nitrogens is 3. The van der Waals surface area contributed by atoms with Crippen molar-refractivity contribution in [1.29, 1.82) is 0 Å². The Labute approximate surface area is 142 Å². The van der Waals surface area contributed by atoms with Gasteiger partial charge in [0.2, 0.25) is 5.91 Å². The van der Waals surface area contributed by atoms with E-state index in [4.69, 9.17) is 0 Å². The Morgan fingerprint density at radius 2 is 2.04 bits per heavy atom. The summed E-state index contributed by atoms with van der Waals surface area (Å²) in [5, 5.41) is 0. The number of hydrogen-bond donors (Lipinski definition) is 0. The monoisotopic (exact) mass is 325 g/mol. The van der Waals surface area contributed by atoms with Crippen molar-refractivity contribution >= 4 is 5.91 Å². The van der Waals surface area contributed by atoms with Gasteiger partial charge in [0.25, 0.3) is 0 Å². The molecule has 1 atom stereocenters. The van der Waals surface area contributed by atoms with Gasteiger partial charge in [-0.2, -0.15) is 0 Å². The Bertz CT molecular complexity index is 698. The number of imidazole rings is 1. The van der Waals surface area contributed by atoms with Gasteiger partial charge in [-0.3, -0.25) is 14.7 Å². The molecule has 1 amide bonds. The molecule has 1 saturated heterocycles. The maximum absolute atomic E-state index is 12.0. The third-order valence-corrected chi connectivity index (χ3v) is 4.94. The van der Waals surface area contributed by atoms with Gasteiger partial charge in [0.05, 0.1) is 6.54 Å². The molecule has 0 aromatic carbocycles. The smallest absolute Gasteiger partial charge is 0.222 e. The van der Waals surface area contributed by atoms with E-state index in [0.717, 1.165) is 51.5 Å². The highest BCUT2D eigenvalue weighted by Gasteiger charge is 2.27. The normalized spacial score (nSPS) is 21.8. The number of carbonyl (C=O) groups excluding carboxylic acids is 1. The fourth-order valence-corrected chi connectivity index (χ4v) is 3.81. The molecular formula is C18H23N5O. The van der Waals surface area contributed by atoms with Crippen LogP contribution >= 0.6 is 0 Å². The van der Waals surface area contributed by atoms with Gasteiger partial charge in [-0.25, -0.2) is 4.98 Å². The van der Waals surface area contributed by atoms with Crippen molar-refractivity contribution in [2.75, 3.05) is 19.6 Å². The highest BCUT2D eigenvalue weighted by molar-refractivity contribution is 5.78. The van der Waals surface area contributed by atoms with Crippen LogP contribution in [-0.2, 0) is 24.4 Å². The Kier molecular flexibility index (Phi) is 4.30. The predicted octanol–water partition coefficient (Wildman–Crippen LogP) is 1.53. The van der Waals surface area contributed by atoms with Gasteiger partial charge in [-0.15, -0.1) is 0 Å². The third-order valence-electron chi connectivity index (χ3n) is 4.94. The van der Waals surface area contributed by atoms with Crippen LogP contribution < -0.4 is 0 Å². The number of amides is 1. The van der Waals surface area contributed by atoms with Crippen molar-refractivity contribution in [3.8, 4) is 0 Å². The minimum absolute atomic E-state index is 0.311. The Morgan fingerprint density at radius 3 is 2.83 bits per heavy atom. The summed E-state index contributed by atoms with van der Waals surface area (Å²) in [4.78, 5) is 25.1. The number of hydrogen-bond acceptors (Lipinski definition) is 4.